The molecule has 0 aliphatic carbocycles. The van der Waals surface area contributed by atoms with E-state index in [1.54, 1.807) is 12.1 Å². The fourth-order valence-corrected chi connectivity index (χ4v) is 2.28. The lowest BCUT2D eigenvalue weighted by Gasteiger charge is -2.12. The number of ether oxygens (including phenoxy) is 1. The molecule has 100 valence electrons. The molecule has 0 amide bonds. The van der Waals surface area contributed by atoms with Gasteiger partial charge in [-0.1, -0.05) is 19.9 Å². The summed E-state index contributed by atoms with van der Waals surface area (Å²) in [7, 11) is 0. The van der Waals surface area contributed by atoms with Gasteiger partial charge in [-0.3, -0.25) is 0 Å². The van der Waals surface area contributed by atoms with Gasteiger partial charge in [-0.25, -0.2) is 4.39 Å². The van der Waals surface area contributed by atoms with Crippen molar-refractivity contribution in [2.24, 2.45) is 5.92 Å². The van der Waals surface area contributed by atoms with Gasteiger partial charge in [-0.2, -0.15) is 0 Å². The Labute approximate surface area is 109 Å². The van der Waals surface area contributed by atoms with Gasteiger partial charge in [-0.05, 0) is 41.5 Å². The van der Waals surface area contributed by atoms with Crippen LogP contribution in [0.1, 0.15) is 37.3 Å². The van der Waals surface area contributed by atoms with E-state index in [0.717, 1.165) is 43.9 Å². The Balaban J connectivity index is 1.88. The van der Waals surface area contributed by atoms with Gasteiger partial charge in [0.25, 0.3) is 0 Å². The van der Waals surface area contributed by atoms with Crippen LogP contribution in [-0.4, -0.2) is 19.8 Å². The molecule has 1 aliphatic rings. The Hall–Kier alpha value is -0.930. The van der Waals surface area contributed by atoms with Gasteiger partial charge >= 0.3 is 0 Å². The van der Waals surface area contributed by atoms with Gasteiger partial charge in [-0.15, -0.1) is 0 Å². The lowest BCUT2D eigenvalue weighted by atomic mass is 10.0. The Bertz CT molecular complexity index is 386. The molecule has 0 bridgehead atoms. The number of benzene rings is 1. The van der Waals surface area contributed by atoms with E-state index in [9.17, 15) is 4.39 Å². The maximum Gasteiger partial charge on any atom is 0.123 e. The zero-order valence-electron chi connectivity index (χ0n) is 11.2. The molecule has 0 radical (unpaired) electrons. The lowest BCUT2D eigenvalue weighted by Crippen LogP contribution is -2.22. The monoisotopic (exact) mass is 251 g/mol. The molecular formula is C15H22FNO. The van der Waals surface area contributed by atoms with E-state index in [4.69, 9.17) is 4.74 Å². The quantitative estimate of drug-likeness (QED) is 0.868. The molecule has 1 heterocycles. The minimum absolute atomic E-state index is 0.137. The van der Waals surface area contributed by atoms with Crippen LogP contribution in [0.4, 0.5) is 4.39 Å². The van der Waals surface area contributed by atoms with Gasteiger partial charge in [0.15, 0.2) is 0 Å². The summed E-state index contributed by atoms with van der Waals surface area (Å²) in [5.41, 5.74) is 2.09. The molecule has 0 aromatic heterocycles. The highest BCUT2D eigenvalue weighted by molar-refractivity contribution is 5.26. The van der Waals surface area contributed by atoms with Crippen LogP contribution in [0.15, 0.2) is 18.2 Å². The van der Waals surface area contributed by atoms with Crippen LogP contribution in [0.5, 0.6) is 0 Å². The number of nitrogens with one attached hydrogen (secondary N) is 1. The molecule has 0 saturated carbocycles. The minimum atomic E-state index is -0.137. The zero-order chi connectivity index (χ0) is 13.0. The molecule has 1 aromatic carbocycles. The number of hydrogen-bond acceptors (Lipinski definition) is 2. The summed E-state index contributed by atoms with van der Waals surface area (Å²) in [6, 6.07) is 5.33. The Kier molecular flexibility index (Phi) is 4.72. The van der Waals surface area contributed by atoms with Crippen LogP contribution >= 0.6 is 0 Å². The first-order valence-corrected chi connectivity index (χ1v) is 6.73. The van der Waals surface area contributed by atoms with Crippen LogP contribution in [0.3, 0.4) is 0 Å². The molecule has 3 heteroatoms. The summed E-state index contributed by atoms with van der Waals surface area (Å²) >= 11 is 0. The topological polar surface area (TPSA) is 21.3 Å². The molecule has 1 N–H and O–H groups in total. The maximum atomic E-state index is 13.5. The molecular weight excluding hydrogens is 229 g/mol. The number of halogens is 1. The van der Waals surface area contributed by atoms with E-state index < -0.39 is 0 Å². The van der Waals surface area contributed by atoms with Crippen molar-refractivity contribution in [1.29, 1.82) is 0 Å². The van der Waals surface area contributed by atoms with Gasteiger partial charge < -0.3 is 10.1 Å². The van der Waals surface area contributed by atoms with Crippen LogP contribution in [0.2, 0.25) is 0 Å². The van der Waals surface area contributed by atoms with Crippen molar-refractivity contribution in [3.8, 4) is 0 Å². The Morgan fingerprint density at radius 1 is 1.39 bits per heavy atom. The molecule has 2 nitrogen and oxygen atoms in total. The molecule has 1 aliphatic heterocycles. The maximum absolute atomic E-state index is 13.5. The van der Waals surface area contributed by atoms with Crippen molar-refractivity contribution in [1.82, 2.24) is 5.32 Å². The van der Waals surface area contributed by atoms with Crippen molar-refractivity contribution < 1.29 is 9.13 Å². The Morgan fingerprint density at radius 2 is 2.22 bits per heavy atom. The van der Waals surface area contributed by atoms with E-state index >= 15 is 0 Å². The molecule has 2 rings (SSSR count). The third-order valence-corrected chi connectivity index (χ3v) is 3.43. The lowest BCUT2D eigenvalue weighted by molar-refractivity contribution is 0.185. The van der Waals surface area contributed by atoms with E-state index in [2.05, 4.69) is 25.2 Å². The van der Waals surface area contributed by atoms with Gasteiger partial charge in [0.2, 0.25) is 0 Å². The SMILES string of the molecule is CC(C)c1cc(F)cc(CNCC2CCOC2)c1. The minimum Gasteiger partial charge on any atom is -0.381 e. The average molecular weight is 251 g/mol. The predicted molar refractivity (Wildman–Crippen MR) is 71.1 cm³/mol. The highest BCUT2D eigenvalue weighted by Gasteiger charge is 2.14. The molecule has 1 saturated heterocycles. The van der Waals surface area contributed by atoms with Gasteiger partial charge in [0, 0.05) is 19.7 Å². The van der Waals surface area contributed by atoms with Crippen LogP contribution < -0.4 is 5.32 Å². The second-order valence-electron chi connectivity index (χ2n) is 5.41. The second kappa shape index (κ2) is 6.30. The molecule has 0 spiro atoms. The van der Waals surface area contributed by atoms with Crippen LogP contribution in [0.25, 0.3) is 0 Å². The third-order valence-electron chi connectivity index (χ3n) is 3.43. The number of hydrogen-bond donors (Lipinski definition) is 1. The molecule has 1 atom stereocenters. The van der Waals surface area contributed by atoms with Crippen molar-refractivity contribution >= 4 is 0 Å². The van der Waals surface area contributed by atoms with Crippen molar-refractivity contribution in [3.05, 3.63) is 35.1 Å². The largest absolute Gasteiger partial charge is 0.381 e. The first kappa shape index (κ1) is 13.5. The summed E-state index contributed by atoms with van der Waals surface area (Å²) in [5.74, 6) is 0.841. The van der Waals surface area contributed by atoms with Crippen molar-refractivity contribution in [2.75, 3.05) is 19.8 Å². The Morgan fingerprint density at radius 3 is 2.89 bits per heavy atom. The van der Waals surface area contributed by atoms with E-state index in [-0.39, 0.29) is 5.82 Å². The van der Waals surface area contributed by atoms with Crippen molar-refractivity contribution in [3.63, 3.8) is 0 Å². The van der Waals surface area contributed by atoms with Gasteiger partial charge in [0.1, 0.15) is 5.82 Å². The predicted octanol–water partition coefficient (Wildman–Crippen LogP) is 3.08. The summed E-state index contributed by atoms with van der Waals surface area (Å²) < 4.78 is 18.8. The first-order valence-electron chi connectivity index (χ1n) is 6.73. The highest BCUT2D eigenvalue weighted by atomic mass is 19.1. The highest BCUT2D eigenvalue weighted by Crippen LogP contribution is 2.18. The van der Waals surface area contributed by atoms with E-state index in [1.165, 1.54) is 0 Å². The van der Waals surface area contributed by atoms with Gasteiger partial charge in [0.05, 0.1) is 6.61 Å². The smallest absolute Gasteiger partial charge is 0.123 e. The molecule has 1 aromatic rings. The molecule has 1 unspecified atom stereocenters. The fraction of sp³-hybridized carbons (Fsp3) is 0.600. The van der Waals surface area contributed by atoms with E-state index in [1.807, 2.05) is 0 Å². The van der Waals surface area contributed by atoms with Crippen LogP contribution in [-0.2, 0) is 11.3 Å². The molecule has 1 fully saturated rings. The summed E-state index contributed by atoms with van der Waals surface area (Å²) in [6.07, 6.45) is 1.13. The molecule has 18 heavy (non-hydrogen) atoms. The second-order valence-corrected chi connectivity index (χ2v) is 5.41. The number of rotatable bonds is 5. The third kappa shape index (κ3) is 3.79. The zero-order valence-corrected chi connectivity index (χ0v) is 11.2. The summed E-state index contributed by atoms with van der Waals surface area (Å²) in [6.45, 7) is 7.59. The summed E-state index contributed by atoms with van der Waals surface area (Å²) in [5, 5.41) is 3.39. The van der Waals surface area contributed by atoms with Crippen molar-refractivity contribution in [2.45, 2.75) is 32.7 Å². The normalized spacial score (nSPS) is 19.7. The first-order chi connectivity index (χ1) is 8.65. The van der Waals surface area contributed by atoms with Crippen LogP contribution in [0, 0.1) is 11.7 Å². The van der Waals surface area contributed by atoms with E-state index in [0.29, 0.717) is 11.8 Å². The average Bonchev–Trinajstić information content (AvgIpc) is 2.81. The standard InChI is InChI=1S/C15H22FNO/c1-11(2)14-5-13(6-15(16)7-14)9-17-8-12-3-4-18-10-12/h5-7,11-12,17H,3-4,8-10H2,1-2H3. The fourth-order valence-electron chi connectivity index (χ4n) is 2.28. The summed E-state index contributed by atoms with van der Waals surface area (Å²) in [4.78, 5) is 0.